The first kappa shape index (κ1) is 10.7. The van der Waals surface area contributed by atoms with Gasteiger partial charge in [-0.1, -0.05) is 11.6 Å². The summed E-state index contributed by atoms with van der Waals surface area (Å²) in [6, 6.07) is 7.51. The highest BCUT2D eigenvalue weighted by Gasteiger charge is 2.02. The number of anilines is 1. The molecule has 0 saturated carbocycles. The Morgan fingerprint density at radius 3 is 2.43 bits per heavy atom. The van der Waals surface area contributed by atoms with Crippen LogP contribution in [0.3, 0.4) is 0 Å². The highest BCUT2D eigenvalue weighted by atomic mass is 35.5. The van der Waals surface area contributed by atoms with Crippen molar-refractivity contribution < 1.29 is 0 Å². The van der Waals surface area contributed by atoms with Crippen LogP contribution in [0.25, 0.3) is 0 Å². The largest absolute Gasteiger partial charge is 0.332 e. The second-order valence-electron chi connectivity index (χ2n) is 2.82. The van der Waals surface area contributed by atoms with Crippen molar-refractivity contribution in [3.05, 3.63) is 29.3 Å². The number of halogens is 1. The molecule has 0 unspecified atom stereocenters. The first-order chi connectivity index (χ1) is 6.65. The molecule has 1 aromatic carbocycles. The Kier molecular flexibility index (Phi) is 3.65. The van der Waals surface area contributed by atoms with Gasteiger partial charge in [-0.3, -0.25) is 0 Å². The van der Waals surface area contributed by atoms with Crippen LogP contribution in [-0.2, 0) is 0 Å². The number of rotatable bonds is 2. The standard InChI is InChI=1S/C10H12ClN3/c1-8(13-12-2)14(3)10-6-4-9(11)5-7-10/h4-7H,2H2,1,3H3/b13-8-. The average molecular weight is 210 g/mol. The van der Waals surface area contributed by atoms with Gasteiger partial charge in [0.05, 0.1) is 0 Å². The molecule has 0 heterocycles. The first-order valence-corrected chi connectivity index (χ1v) is 4.52. The minimum absolute atomic E-state index is 0.721. The van der Waals surface area contributed by atoms with Crippen LogP contribution in [0.15, 0.2) is 34.5 Å². The molecule has 0 spiro atoms. The van der Waals surface area contributed by atoms with Crippen molar-refractivity contribution in [1.82, 2.24) is 0 Å². The third kappa shape index (κ3) is 2.57. The third-order valence-corrected chi connectivity index (χ3v) is 2.17. The smallest absolute Gasteiger partial charge is 0.128 e. The molecule has 0 atom stereocenters. The molecule has 3 nitrogen and oxygen atoms in total. The summed E-state index contributed by atoms with van der Waals surface area (Å²) < 4.78 is 0. The van der Waals surface area contributed by atoms with E-state index in [-0.39, 0.29) is 0 Å². The summed E-state index contributed by atoms with van der Waals surface area (Å²) in [6.45, 7) is 5.17. The maximum absolute atomic E-state index is 5.78. The third-order valence-electron chi connectivity index (χ3n) is 1.91. The van der Waals surface area contributed by atoms with Gasteiger partial charge < -0.3 is 4.90 Å². The molecule has 0 N–H and O–H groups in total. The van der Waals surface area contributed by atoms with Gasteiger partial charge in [0.15, 0.2) is 0 Å². The number of amidine groups is 1. The predicted octanol–water partition coefficient (Wildman–Crippen LogP) is 2.81. The predicted molar refractivity (Wildman–Crippen MR) is 62.5 cm³/mol. The second kappa shape index (κ2) is 4.77. The van der Waals surface area contributed by atoms with E-state index in [0.29, 0.717) is 0 Å². The van der Waals surface area contributed by atoms with Crippen LogP contribution in [-0.4, -0.2) is 19.6 Å². The lowest BCUT2D eigenvalue weighted by atomic mass is 10.3. The number of nitrogens with zero attached hydrogens (tertiary/aromatic N) is 3. The van der Waals surface area contributed by atoms with Crippen molar-refractivity contribution in [2.75, 3.05) is 11.9 Å². The van der Waals surface area contributed by atoms with Gasteiger partial charge in [0, 0.05) is 24.5 Å². The molecule has 0 saturated heterocycles. The molecule has 0 aliphatic rings. The summed E-state index contributed by atoms with van der Waals surface area (Å²) >= 11 is 5.78. The average Bonchev–Trinajstić information content (AvgIpc) is 2.18. The first-order valence-electron chi connectivity index (χ1n) is 4.14. The maximum Gasteiger partial charge on any atom is 0.128 e. The lowest BCUT2D eigenvalue weighted by molar-refractivity contribution is 1.16. The van der Waals surface area contributed by atoms with Crippen molar-refractivity contribution in [1.29, 1.82) is 0 Å². The van der Waals surface area contributed by atoms with Crippen LogP contribution < -0.4 is 4.90 Å². The Morgan fingerprint density at radius 2 is 1.93 bits per heavy atom. The normalized spacial score (nSPS) is 11.2. The van der Waals surface area contributed by atoms with E-state index in [9.17, 15) is 0 Å². The van der Waals surface area contributed by atoms with Gasteiger partial charge in [0.2, 0.25) is 0 Å². The van der Waals surface area contributed by atoms with Crippen LogP contribution in [0.4, 0.5) is 5.69 Å². The monoisotopic (exact) mass is 209 g/mol. The Morgan fingerprint density at radius 1 is 1.36 bits per heavy atom. The van der Waals surface area contributed by atoms with Gasteiger partial charge in [-0.05, 0) is 31.2 Å². The topological polar surface area (TPSA) is 28.0 Å². The fraction of sp³-hybridized carbons (Fsp3) is 0.200. The van der Waals surface area contributed by atoms with Gasteiger partial charge in [-0.15, -0.1) is 5.10 Å². The molecular weight excluding hydrogens is 198 g/mol. The molecule has 0 fully saturated rings. The summed E-state index contributed by atoms with van der Waals surface area (Å²) in [6.07, 6.45) is 0. The summed E-state index contributed by atoms with van der Waals surface area (Å²) in [4.78, 5) is 1.91. The Bertz CT molecular complexity index is 343. The molecule has 0 amide bonds. The molecule has 0 aliphatic carbocycles. The summed E-state index contributed by atoms with van der Waals surface area (Å²) in [5, 5.41) is 8.04. The van der Waals surface area contributed by atoms with Crippen molar-refractivity contribution in [2.45, 2.75) is 6.92 Å². The van der Waals surface area contributed by atoms with Crippen molar-refractivity contribution in [3.63, 3.8) is 0 Å². The maximum atomic E-state index is 5.78. The van der Waals surface area contributed by atoms with Crippen LogP contribution in [0.5, 0.6) is 0 Å². The summed E-state index contributed by atoms with van der Waals surface area (Å²) in [7, 11) is 1.91. The van der Waals surface area contributed by atoms with Crippen LogP contribution in [0, 0.1) is 0 Å². The number of hydrogen-bond acceptors (Lipinski definition) is 2. The summed E-state index contributed by atoms with van der Waals surface area (Å²) in [5.41, 5.74) is 1.01. The van der Waals surface area contributed by atoms with E-state index < -0.39 is 0 Å². The Hall–Kier alpha value is -1.35. The minimum atomic E-state index is 0.721. The van der Waals surface area contributed by atoms with Crippen molar-refractivity contribution >= 4 is 29.8 Å². The van der Waals surface area contributed by atoms with E-state index in [0.717, 1.165) is 16.5 Å². The lowest BCUT2D eigenvalue weighted by Gasteiger charge is -2.17. The van der Waals surface area contributed by atoms with E-state index in [1.165, 1.54) is 0 Å². The van der Waals surface area contributed by atoms with E-state index in [1.807, 2.05) is 43.1 Å². The second-order valence-corrected chi connectivity index (χ2v) is 3.26. The van der Waals surface area contributed by atoms with Crippen LogP contribution in [0.1, 0.15) is 6.92 Å². The van der Waals surface area contributed by atoms with Gasteiger partial charge in [-0.25, -0.2) is 0 Å². The van der Waals surface area contributed by atoms with Crippen LogP contribution in [0.2, 0.25) is 5.02 Å². The molecule has 14 heavy (non-hydrogen) atoms. The fourth-order valence-electron chi connectivity index (χ4n) is 1.02. The van der Waals surface area contributed by atoms with Gasteiger partial charge in [0.1, 0.15) is 5.84 Å². The van der Waals surface area contributed by atoms with Gasteiger partial charge in [-0.2, -0.15) is 5.10 Å². The van der Waals surface area contributed by atoms with Gasteiger partial charge >= 0.3 is 0 Å². The molecule has 0 radical (unpaired) electrons. The zero-order chi connectivity index (χ0) is 10.6. The van der Waals surface area contributed by atoms with Gasteiger partial charge in [0.25, 0.3) is 0 Å². The fourth-order valence-corrected chi connectivity index (χ4v) is 1.15. The zero-order valence-electron chi connectivity index (χ0n) is 8.24. The molecular formula is C10H12ClN3. The highest BCUT2D eigenvalue weighted by molar-refractivity contribution is 6.30. The quantitative estimate of drug-likeness (QED) is 0.418. The minimum Gasteiger partial charge on any atom is -0.332 e. The SMILES string of the molecule is C=N/N=C(/C)N(C)c1ccc(Cl)cc1. The molecule has 0 bridgehead atoms. The molecule has 1 aromatic rings. The summed E-state index contributed by atoms with van der Waals surface area (Å²) in [5.74, 6) is 0.780. The highest BCUT2D eigenvalue weighted by Crippen LogP contribution is 2.16. The molecule has 0 aromatic heterocycles. The lowest BCUT2D eigenvalue weighted by Crippen LogP contribution is -2.22. The van der Waals surface area contributed by atoms with Crippen LogP contribution >= 0.6 is 11.6 Å². The van der Waals surface area contributed by atoms with Crippen molar-refractivity contribution in [3.8, 4) is 0 Å². The Balaban J connectivity index is 2.89. The van der Waals surface area contributed by atoms with E-state index in [2.05, 4.69) is 16.9 Å². The van der Waals surface area contributed by atoms with E-state index >= 15 is 0 Å². The molecule has 4 heteroatoms. The Labute approximate surface area is 88.7 Å². The number of hydrogen-bond donors (Lipinski definition) is 0. The molecule has 74 valence electrons. The van der Waals surface area contributed by atoms with E-state index in [1.54, 1.807) is 0 Å². The number of benzene rings is 1. The van der Waals surface area contributed by atoms with Crippen molar-refractivity contribution in [2.24, 2.45) is 10.2 Å². The molecule has 0 aliphatic heterocycles. The molecule has 1 rings (SSSR count). The van der Waals surface area contributed by atoms with E-state index in [4.69, 9.17) is 11.6 Å². The zero-order valence-corrected chi connectivity index (χ0v) is 8.99.